The van der Waals surface area contributed by atoms with E-state index in [0.29, 0.717) is 11.0 Å². The summed E-state index contributed by atoms with van der Waals surface area (Å²) in [6, 6.07) is 15.6. The van der Waals surface area contributed by atoms with Crippen molar-refractivity contribution in [1.29, 1.82) is 0 Å². The van der Waals surface area contributed by atoms with Crippen LogP contribution < -0.4 is 9.44 Å². The molecule has 9 nitrogen and oxygen atoms in total. The van der Waals surface area contributed by atoms with Crippen molar-refractivity contribution in [3.8, 4) is 0 Å². The van der Waals surface area contributed by atoms with Crippen molar-refractivity contribution >= 4 is 60.0 Å². The van der Waals surface area contributed by atoms with Gasteiger partial charge in [0, 0.05) is 16.5 Å². The summed E-state index contributed by atoms with van der Waals surface area (Å²) in [6.45, 7) is 1.47. The van der Waals surface area contributed by atoms with E-state index >= 15 is 0 Å². The lowest BCUT2D eigenvalue weighted by Crippen LogP contribution is -2.17. The zero-order chi connectivity index (χ0) is 24.7. The number of aromatic carboxylic acids is 1. The fourth-order valence-corrected chi connectivity index (χ4v) is 5.60. The Labute approximate surface area is 200 Å². The second kappa shape index (κ2) is 8.67. The van der Waals surface area contributed by atoms with E-state index in [2.05, 4.69) is 9.44 Å². The van der Waals surface area contributed by atoms with Crippen LogP contribution >= 0.6 is 11.6 Å². The van der Waals surface area contributed by atoms with Crippen LogP contribution in [0, 0.1) is 6.92 Å². The Bertz CT molecular complexity index is 1610. The number of benzene rings is 3. The maximum atomic E-state index is 12.9. The van der Waals surface area contributed by atoms with Crippen LogP contribution in [-0.2, 0) is 20.0 Å². The standard InChI is InChI=1S/C22H17ClN2O7S2/c1-13-10-16(7-8-17(13)22(26)27)33(28,29)24-18-9-6-15(23)12-19(18)25-34(30,31)21-11-14-4-2-3-5-20(14)32-21/h2-12,24-25H,1H3,(H,26,27). The van der Waals surface area contributed by atoms with Gasteiger partial charge in [-0.25, -0.2) is 13.2 Å². The van der Waals surface area contributed by atoms with Crippen LogP contribution in [0.25, 0.3) is 11.0 Å². The number of carbonyl (C=O) groups is 1. The Kier molecular flexibility index (Phi) is 6.02. The zero-order valence-electron chi connectivity index (χ0n) is 17.4. The molecule has 0 aliphatic carbocycles. The van der Waals surface area contributed by atoms with Crippen molar-refractivity contribution in [3.63, 3.8) is 0 Å². The minimum Gasteiger partial charge on any atom is -0.478 e. The smallest absolute Gasteiger partial charge is 0.335 e. The number of para-hydroxylation sites is 1. The first-order valence-electron chi connectivity index (χ1n) is 9.64. The lowest BCUT2D eigenvalue weighted by molar-refractivity contribution is 0.0696. The molecular formula is C22H17ClN2O7S2. The highest BCUT2D eigenvalue weighted by molar-refractivity contribution is 7.93. The van der Waals surface area contributed by atoms with Crippen LogP contribution in [0.15, 0.2) is 81.1 Å². The normalized spacial score (nSPS) is 11.9. The first kappa shape index (κ1) is 23.6. The van der Waals surface area contributed by atoms with Gasteiger partial charge in [0.1, 0.15) is 5.58 Å². The third-order valence-corrected chi connectivity index (χ3v) is 7.69. The summed E-state index contributed by atoms with van der Waals surface area (Å²) in [6.07, 6.45) is 0. The van der Waals surface area contributed by atoms with Crippen LogP contribution in [0.5, 0.6) is 0 Å². The van der Waals surface area contributed by atoms with E-state index < -0.39 is 26.0 Å². The number of aryl methyl sites for hydroxylation is 1. The van der Waals surface area contributed by atoms with Gasteiger partial charge in [0.05, 0.1) is 21.8 Å². The number of halogens is 1. The second-order valence-electron chi connectivity index (χ2n) is 7.29. The molecule has 0 saturated carbocycles. The van der Waals surface area contributed by atoms with Gasteiger partial charge in [-0.05, 0) is 55.0 Å². The third-order valence-electron chi connectivity index (χ3n) is 4.88. The minimum absolute atomic E-state index is 0.0373. The third kappa shape index (κ3) is 4.72. The first-order chi connectivity index (χ1) is 16.0. The van der Waals surface area contributed by atoms with Gasteiger partial charge < -0.3 is 9.52 Å². The molecular weight excluding hydrogens is 504 g/mol. The number of nitrogens with one attached hydrogen (secondary N) is 2. The topological polar surface area (TPSA) is 143 Å². The monoisotopic (exact) mass is 520 g/mol. The average molecular weight is 521 g/mol. The predicted octanol–water partition coefficient (Wildman–Crippen LogP) is 4.69. The van der Waals surface area contributed by atoms with Gasteiger partial charge in [-0.2, -0.15) is 8.42 Å². The molecule has 3 N–H and O–H groups in total. The Morgan fingerprint density at radius 1 is 0.882 bits per heavy atom. The van der Waals surface area contributed by atoms with Crippen molar-refractivity contribution in [2.45, 2.75) is 16.9 Å². The fourth-order valence-electron chi connectivity index (χ4n) is 3.22. The quantitative estimate of drug-likeness (QED) is 0.320. The van der Waals surface area contributed by atoms with E-state index in [4.69, 9.17) is 21.1 Å². The number of anilines is 2. The molecule has 0 aliphatic rings. The minimum atomic E-state index is -4.23. The molecule has 0 radical (unpaired) electrons. The fraction of sp³-hybridized carbons (Fsp3) is 0.0455. The Morgan fingerprint density at radius 3 is 2.26 bits per heavy atom. The van der Waals surface area contributed by atoms with Crippen molar-refractivity contribution in [1.82, 2.24) is 0 Å². The summed E-state index contributed by atoms with van der Waals surface area (Å²) in [5.74, 6) is -1.19. The second-order valence-corrected chi connectivity index (χ2v) is 11.0. The van der Waals surface area contributed by atoms with Gasteiger partial charge in [0.25, 0.3) is 20.0 Å². The summed E-state index contributed by atoms with van der Waals surface area (Å²) in [4.78, 5) is 11.0. The van der Waals surface area contributed by atoms with Crippen molar-refractivity contribution in [2.24, 2.45) is 0 Å². The molecule has 0 amide bonds. The van der Waals surface area contributed by atoms with E-state index in [-0.39, 0.29) is 37.5 Å². The van der Waals surface area contributed by atoms with Crippen molar-refractivity contribution in [2.75, 3.05) is 9.44 Å². The summed E-state index contributed by atoms with van der Waals surface area (Å²) >= 11 is 6.02. The molecule has 0 atom stereocenters. The Hall–Kier alpha value is -3.54. The molecule has 4 rings (SSSR count). The van der Waals surface area contributed by atoms with E-state index in [1.54, 1.807) is 24.3 Å². The lowest BCUT2D eigenvalue weighted by Gasteiger charge is -2.15. The van der Waals surface area contributed by atoms with Gasteiger partial charge >= 0.3 is 5.97 Å². The van der Waals surface area contributed by atoms with Crippen LogP contribution in [0.4, 0.5) is 11.4 Å². The predicted molar refractivity (Wildman–Crippen MR) is 127 cm³/mol. The van der Waals surface area contributed by atoms with Crippen LogP contribution in [-0.4, -0.2) is 27.9 Å². The lowest BCUT2D eigenvalue weighted by atomic mass is 10.1. The summed E-state index contributed by atoms with van der Waals surface area (Å²) in [7, 11) is -8.43. The summed E-state index contributed by atoms with van der Waals surface area (Å²) < 4.78 is 61.8. The van der Waals surface area contributed by atoms with E-state index in [9.17, 15) is 21.6 Å². The average Bonchev–Trinajstić information content (AvgIpc) is 3.20. The molecule has 1 aromatic heterocycles. The number of carboxylic acids is 1. The first-order valence-corrected chi connectivity index (χ1v) is 13.0. The maximum absolute atomic E-state index is 12.9. The number of rotatable bonds is 7. The Balaban J connectivity index is 1.68. The van der Waals surface area contributed by atoms with Crippen molar-refractivity contribution in [3.05, 3.63) is 82.9 Å². The molecule has 4 aromatic rings. The highest BCUT2D eigenvalue weighted by atomic mass is 35.5. The van der Waals surface area contributed by atoms with Gasteiger partial charge in [0.2, 0.25) is 5.09 Å². The molecule has 0 unspecified atom stereocenters. The van der Waals surface area contributed by atoms with Crippen molar-refractivity contribution < 1.29 is 31.2 Å². The van der Waals surface area contributed by atoms with E-state index in [1.165, 1.54) is 43.3 Å². The van der Waals surface area contributed by atoms with Gasteiger partial charge in [0.15, 0.2) is 0 Å². The molecule has 0 spiro atoms. The molecule has 176 valence electrons. The molecule has 0 saturated heterocycles. The zero-order valence-corrected chi connectivity index (χ0v) is 19.8. The number of carboxylic acid groups (broad SMARTS) is 1. The number of sulfonamides is 2. The Morgan fingerprint density at radius 2 is 1.59 bits per heavy atom. The van der Waals surface area contributed by atoms with E-state index in [0.717, 1.165) is 6.07 Å². The van der Waals surface area contributed by atoms with Gasteiger partial charge in [-0.1, -0.05) is 29.8 Å². The molecule has 12 heteroatoms. The maximum Gasteiger partial charge on any atom is 0.335 e. The summed E-state index contributed by atoms with van der Waals surface area (Å²) in [5.41, 5.74) is 0.358. The highest BCUT2D eigenvalue weighted by Crippen LogP contribution is 2.31. The van der Waals surface area contributed by atoms with Gasteiger partial charge in [-0.3, -0.25) is 9.44 Å². The molecule has 1 heterocycles. The molecule has 3 aromatic carbocycles. The molecule has 0 aliphatic heterocycles. The largest absolute Gasteiger partial charge is 0.478 e. The van der Waals surface area contributed by atoms with Gasteiger partial charge in [-0.15, -0.1) is 0 Å². The molecule has 34 heavy (non-hydrogen) atoms. The number of hydrogen-bond donors (Lipinski definition) is 3. The summed E-state index contributed by atoms with van der Waals surface area (Å²) in [5, 5.41) is 9.53. The molecule has 0 bridgehead atoms. The molecule has 0 fully saturated rings. The van der Waals surface area contributed by atoms with Crippen LogP contribution in [0.3, 0.4) is 0 Å². The number of hydrogen-bond acceptors (Lipinski definition) is 6. The highest BCUT2D eigenvalue weighted by Gasteiger charge is 2.24. The number of furan rings is 1. The van der Waals surface area contributed by atoms with Crippen LogP contribution in [0.2, 0.25) is 5.02 Å². The van der Waals surface area contributed by atoms with E-state index in [1.807, 2.05) is 0 Å². The number of fused-ring (bicyclic) bond motifs is 1. The van der Waals surface area contributed by atoms with Crippen LogP contribution in [0.1, 0.15) is 15.9 Å². The SMILES string of the molecule is Cc1cc(S(=O)(=O)Nc2ccc(Cl)cc2NS(=O)(=O)c2cc3ccccc3o2)ccc1C(=O)O.